The van der Waals surface area contributed by atoms with E-state index in [0.717, 1.165) is 25.9 Å². The van der Waals surface area contributed by atoms with Crippen LogP contribution in [0.4, 0.5) is 6.01 Å². The lowest BCUT2D eigenvalue weighted by Crippen LogP contribution is -2.44. The maximum Gasteiger partial charge on any atom is 0.299 e. The van der Waals surface area contributed by atoms with Gasteiger partial charge < -0.3 is 14.6 Å². The van der Waals surface area contributed by atoms with Crippen LogP contribution in [0.5, 0.6) is 0 Å². The molecule has 0 atom stereocenters. The number of rotatable bonds is 3. The number of benzene rings is 1. The van der Waals surface area contributed by atoms with Gasteiger partial charge in [-0.25, -0.2) is 4.98 Å². The van der Waals surface area contributed by atoms with Crippen LogP contribution in [0.25, 0.3) is 11.2 Å². The van der Waals surface area contributed by atoms with E-state index in [1.54, 1.807) is 18.3 Å². The number of halogens is 1. The maximum absolute atomic E-state index is 12.4. The highest BCUT2D eigenvalue weighted by atomic mass is 35.5. The second kappa shape index (κ2) is 6.72. The third kappa shape index (κ3) is 3.30. The molecule has 0 spiro atoms. The summed E-state index contributed by atoms with van der Waals surface area (Å²) in [6, 6.07) is 11.5. The van der Waals surface area contributed by atoms with Gasteiger partial charge in [0, 0.05) is 25.3 Å². The van der Waals surface area contributed by atoms with Gasteiger partial charge in [-0.15, -0.1) is 0 Å². The van der Waals surface area contributed by atoms with E-state index in [0.29, 0.717) is 27.8 Å². The fourth-order valence-corrected chi connectivity index (χ4v) is 3.24. The highest BCUT2D eigenvalue weighted by Crippen LogP contribution is 2.23. The van der Waals surface area contributed by atoms with Crippen molar-refractivity contribution in [3.05, 3.63) is 53.2 Å². The summed E-state index contributed by atoms with van der Waals surface area (Å²) in [6.45, 7) is 1.53. The van der Waals surface area contributed by atoms with Crippen LogP contribution in [0, 0.1) is 0 Å². The Balaban J connectivity index is 1.38. The number of hydrogen-bond acceptors (Lipinski definition) is 5. The molecular weight excluding hydrogens is 340 g/mol. The number of carbonyl (C=O) groups is 1. The number of piperidine rings is 1. The number of hydrogen-bond donors (Lipinski definition) is 1. The monoisotopic (exact) mass is 356 g/mol. The maximum atomic E-state index is 12.4. The number of amides is 1. The molecule has 4 rings (SSSR count). The summed E-state index contributed by atoms with van der Waals surface area (Å²) < 4.78 is 5.76. The van der Waals surface area contributed by atoms with Crippen molar-refractivity contribution in [1.82, 2.24) is 15.3 Å². The summed E-state index contributed by atoms with van der Waals surface area (Å²) in [5.41, 5.74) is 1.81. The van der Waals surface area contributed by atoms with E-state index in [1.165, 1.54) is 0 Å². The molecule has 128 valence electrons. The first-order valence-electron chi connectivity index (χ1n) is 8.22. The molecule has 1 fully saturated rings. The van der Waals surface area contributed by atoms with E-state index >= 15 is 0 Å². The Morgan fingerprint density at radius 2 is 2.00 bits per heavy atom. The molecule has 1 saturated heterocycles. The van der Waals surface area contributed by atoms with Crippen LogP contribution in [0.2, 0.25) is 5.02 Å². The van der Waals surface area contributed by atoms with E-state index in [4.69, 9.17) is 16.0 Å². The summed E-state index contributed by atoms with van der Waals surface area (Å²) in [7, 11) is 0. The van der Waals surface area contributed by atoms with Gasteiger partial charge in [-0.3, -0.25) is 4.79 Å². The molecule has 3 aromatic rings. The average molecular weight is 357 g/mol. The van der Waals surface area contributed by atoms with Crippen LogP contribution in [-0.2, 0) is 0 Å². The number of pyridine rings is 1. The zero-order chi connectivity index (χ0) is 17.2. The van der Waals surface area contributed by atoms with Crippen LogP contribution in [-0.4, -0.2) is 35.0 Å². The van der Waals surface area contributed by atoms with Gasteiger partial charge in [0.2, 0.25) is 5.65 Å². The molecule has 0 bridgehead atoms. The molecule has 25 heavy (non-hydrogen) atoms. The molecule has 0 saturated carbocycles. The molecule has 7 heteroatoms. The van der Waals surface area contributed by atoms with Gasteiger partial charge in [-0.1, -0.05) is 23.7 Å². The minimum Gasteiger partial charge on any atom is -0.422 e. The van der Waals surface area contributed by atoms with Crippen molar-refractivity contribution in [2.75, 3.05) is 18.0 Å². The largest absolute Gasteiger partial charge is 0.422 e. The molecule has 1 amide bonds. The second-order valence-corrected chi connectivity index (χ2v) is 6.44. The molecular formula is C18H17ClN4O2. The lowest BCUT2D eigenvalue weighted by molar-refractivity contribution is 0.0931. The second-order valence-electron chi connectivity index (χ2n) is 6.04. The van der Waals surface area contributed by atoms with Crippen molar-refractivity contribution in [3.8, 4) is 0 Å². The lowest BCUT2D eigenvalue weighted by atomic mass is 10.0. The van der Waals surface area contributed by atoms with E-state index in [-0.39, 0.29) is 11.9 Å². The Bertz CT molecular complexity index is 870. The molecule has 0 aliphatic carbocycles. The highest BCUT2D eigenvalue weighted by molar-refractivity contribution is 6.33. The Hall–Kier alpha value is -2.60. The first-order chi connectivity index (χ1) is 12.2. The summed E-state index contributed by atoms with van der Waals surface area (Å²) in [5.74, 6) is -0.130. The number of oxazole rings is 1. The summed E-state index contributed by atoms with van der Waals surface area (Å²) in [6.07, 6.45) is 3.34. The van der Waals surface area contributed by atoms with Gasteiger partial charge in [0.25, 0.3) is 11.9 Å². The normalized spacial score (nSPS) is 15.5. The number of carbonyl (C=O) groups excluding carboxylic acids is 1. The minimum atomic E-state index is -0.130. The van der Waals surface area contributed by atoms with Gasteiger partial charge in [-0.2, -0.15) is 4.98 Å². The van der Waals surface area contributed by atoms with Gasteiger partial charge in [0.15, 0.2) is 5.58 Å². The molecule has 1 aromatic carbocycles. The molecule has 0 unspecified atom stereocenters. The smallest absolute Gasteiger partial charge is 0.299 e. The predicted octanol–water partition coefficient (Wildman–Crippen LogP) is 3.28. The van der Waals surface area contributed by atoms with Crippen LogP contribution in [0.3, 0.4) is 0 Å². The van der Waals surface area contributed by atoms with Crippen molar-refractivity contribution in [1.29, 1.82) is 0 Å². The highest BCUT2D eigenvalue weighted by Gasteiger charge is 2.24. The number of fused-ring (bicyclic) bond motifs is 1. The van der Waals surface area contributed by atoms with Crippen molar-refractivity contribution >= 4 is 34.8 Å². The number of nitrogens with zero attached hydrogens (tertiary/aromatic N) is 3. The molecule has 6 nitrogen and oxygen atoms in total. The van der Waals surface area contributed by atoms with Crippen LogP contribution in [0.15, 0.2) is 47.0 Å². The van der Waals surface area contributed by atoms with Gasteiger partial charge in [0.05, 0.1) is 10.6 Å². The third-order valence-corrected chi connectivity index (χ3v) is 4.70. The topological polar surface area (TPSA) is 71.3 Å². The van der Waals surface area contributed by atoms with Crippen molar-refractivity contribution in [2.45, 2.75) is 18.9 Å². The molecule has 1 aliphatic heterocycles. The summed E-state index contributed by atoms with van der Waals surface area (Å²) in [4.78, 5) is 23.1. The Kier molecular flexibility index (Phi) is 4.28. The lowest BCUT2D eigenvalue weighted by Gasteiger charge is -2.31. The number of aromatic nitrogens is 2. The zero-order valence-corrected chi connectivity index (χ0v) is 14.2. The van der Waals surface area contributed by atoms with Crippen molar-refractivity contribution in [3.63, 3.8) is 0 Å². The van der Waals surface area contributed by atoms with Gasteiger partial charge in [0.1, 0.15) is 0 Å². The Morgan fingerprint density at radius 3 is 2.76 bits per heavy atom. The first-order valence-corrected chi connectivity index (χ1v) is 8.60. The van der Waals surface area contributed by atoms with Crippen molar-refractivity contribution in [2.24, 2.45) is 0 Å². The van der Waals surface area contributed by atoms with E-state index in [9.17, 15) is 4.79 Å². The van der Waals surface area contributed by atoms with E-state index in [2.05, 4.69) is 20.2 Å². The summed E-state index contributed by atoms with van der Waals surface area (Å²) >= 11 is 6.08. The van der Waals surface area contributed by atoms with Gasteiger partial charge in [-0.05, 0) is 37.1 Å². The standard InChI is InChI=1S/C18H17ClN4O2/c19-14-5-2-1-4-13(14)17(24)21-12-7-10-23(11-8-12)18-22-16-15(25-18)6-3-9-20-16/h1-6,9,12H,7-8,10-11H2,(H,21,24). The SMILES string of the molecule is O=C(NC1CCN(c2nc3ncccc3o2)CC1)c1ccccc1Cl. The van der Waals surface area contributed by atoms with Crippen molar-refractivity contribution < 1.29 is 9.21 Å². The van der Waals surface area contributed by atoms with E-state index in [1.807, 2.05) is 24.3 Å². The fraction of sp³-hybridized carbons (Fsp3) is 0.278. The predicted molar refractivity (Wildman–Crippen MR) is 96.0 cm³/mol. The van der Waals surface area contributed by atoms with E-state index < -0.39 is 0 Å². The Labute approximate surface area is 149 Å². The average Bonchev–Trinajstić information content (AvgIpc) is 3.07. The molecule has 0 radical (unpaired) electrons. The fourth-order valence-electron chi connectivity index (χ4n) is 3.02. The first kappa shape index (κ1) is 15.9. The van der Waals surface area contributed by atoms with Crippen LogP contribution in [0.1, 0.15) is 23.2 Å². The zero-order valence-electron chi connectivity index (χ0n) is 13.5. The van der Waals surface area contributed by atoms with Gasteiger partial charge >= 0.3 is 0 Å². The molecule has 2 aromatic heterocycles. The van der Waals surface area contributed by atoms with Crippen LogP contribution < -0.4 is 10.2 Å². The molecule has 1 aliphatic rings. The summed E-state index contributed by atoms with van der Waals surface area (Å²) in [5, 5.41) is 3.53. The molecule has 1 N–H and O–H groups in total. The number of anilines is 1. The minimum absolute atomic E-state index is 0.113. The Morgan fingerprint density at radius 1 is 1.20 bits per heavy atom. The third-order valence-electron chi connectivity index (χ3n) is 4.37. The quantitative estimate of drug-likeness (QED) is 0.779. The van der Waals surface area contributed by atoms with Crippen LogP contribution >= 0.6 is 11.6 Å². The molecule has 3 heterocycles. The number of nitrogens with one attached hydrogen (secondary N) is 1.